The van der Waals surface area contributed by atoms with Crippen molar-refractivity contribution in [2.75, 3.05) is 14.2 Å². The van der Waals surface area contributed by atoms with Crippen molar-refractivity contribution in [3.8, 4) is 11.5 Å². The van der Waals surface area contributed by atoms with E-state index in [0.29, 0.717) is 20.1 Å². The van der Waals surface area contributed by atoms with Crippen molar-refractivity contribution in [2.24, 2.45) is 0 Å². The van der Waals surface area contributed by atoms with Crippen LogP contribution in [0.3, 0.4) is 0 Å². The Morgan fingerprint density at radius 1 is 0.760 bits per heavy atom. The zero-order chi connectivity index (χ0) is 18.4. The van der Waals surface area contributed by atoms with Crippen molar-refractivity contribution >= 4 is 59.2 Å². The Morgan fingerprint density at radius 2 is 1.08 bits per heavy atom. The molecule has 0 atom stereocenters. The zero-order valence-electron chi connectivity index (χ0n) is 13.8. The Balaban J connectivity index is 2.01. The fourth-order valence-electron chi connectivity index (χ4n) is 2.16. The molecule has 0 aromatic heterocycles. The molecule has 0 fully saturated rings. The molecule has 2 aromatic carbocycles. The number of hydrogen-bond donors (Lipinski definition) is 0. The van der Waals surface area contributed by atoms with Gasteiger partial charge < -0.3 is 0 Å². The van der Waals surface area contributed by atoms with E-state index in [9.17, 15) is 9.59 Å². The summed E-state index contributed by atoms with van der Waals surface area (Å²) in [6.45, 7) is 0. The van der Waals surface area contributed by atoms with Gasteiger partial charge in [-0.1, -0.05) is 0 Å². The molecule has 0 saturated heterocycles. The quantitative estimate of drug-likeness (QED) is 0.222. The predicted octanol–water partition coefficient (Wildman–Crippen LogP) is 5.08. The van der Waals surface area contributed by atoms with E-state index in [0.717, 1.165) is 11.5 Å². The predicted molar refractivity (Wildman–Crippen MR) is 118 cm³/mol. The number of hydrogen-bond acceptors (Lipinski definition) is 4. The standard InChI is InChI=1S/C18H18I2O4Te/c1-23-15-7-3-13(4-8-15)17(21)11-25(19,20)12-18(22)14-5-9-16(24-2)10-6-14/h3-10H,11-12H2,1-2H3. The molecule has 134 valence electrons. The first-order valence-electron chi connectivity index (χ1n) is 7.37. The van der Waals surface area contributed by atoms with E-state index < -0.39 is 10.3 Å². The first kappa shape index (κ1) is 20.9. The number of carbonyl (C=O) groups is 2. The summed E-state index contributed by atoms with van der Waals surface area (Å²) in [7, 11) is 0.549. The maximum atomic E-state index is 12.5. The van der Waals surface area contributed by atoms with Crippen molar-refractivity contribution in [1.82, 2.24) is 0 Å². The minimum absolute atomic E-state index is 0.0928. The summed E-state index contributed by atoms with van der Waals surface area (Å²) >= 11 is 4.75. The SMILES string of the molecule is COc1ccc(C(=O)C[Te](I)(I)CC(=O)c2ccc(OC)cc2)cc1. The van der Waals surface area contributed by atoms with Gasteiger partial charge in [-0.25, -0.2) is 0 Å². The first-order valence-corrected chi connectivity index (χ1v) is 24.2. The van der Waals surface area contributed by atoms with E-state index >= 15 is 0 Å². The molecule has 0 saturated carbocycles. The Morgan fingerprint density at radius 3 is 1.36 bits per heavy atom. The fraction of sp³-hybridized carbons (Fsp3) is 0.222. The second-order valence-corrected chi connectivity index (χ2v) is 44.9. The van der Waals surface area contributed by atoms with E-state index in [1.807, 2.05) is 0 Å². The Bertz CT molecular complexity index is 679. The third-order valence-corrected chi connectivity index (χ3v) is 15.8. The van der Waals surface area contributed by atoms with Gasteiger partial charge in [-0.05, 0) is 0 Å². The van der Waals surface area contributed by atoms with Gasteiger partial charge in [-0.15, -0.1) is 0 Å². The van der Waals surface area contributed by atoms with Crippen LogP contribution in [0.2, 0.25) is 8.94 Å². The van der Waals surface area contributed by atoms with Crippen molar-refractivity contribution in [3.63, 3.8) is 0 Å². The maximum absolute atomic E-state index is 12.5. The second kappa shape index (κ2) is 9.53. The van der Waals surface area contributed by atoms with Crippen LogP contribution in [0.5, 0.6) is 11.5 Å². The molecule has 0 aliphatic heterocycles. The van der Waals surface area contributed by atoms with Gasteiger partial charge in [0.25, 0.3) is 0 Å². The molecule has 0 unspecified atom stereocenters. The van der Waals surface area contributed by atoms with Crippen molar-refractivity contribution in [2.45, 2.75) is 8.94 Å². The van der Waals surface area contributed by atoms with Crippen LogP contribution in [0.4, 0.5) is 0 Å². The van der Waals surface area contributed by atoms with Crippen LogP contribution >= 0.6 is 37.4 Å². The van der Waals surface area contributed by atoms with E-state index in [1.165, 1.54) is 0 Å². The summed E-state index contributed by atoms with van der Waals surface area (Å²) in [5, 5.41) is 0. The number of halogens is 2. The normalized spacial score (nSPS) is 11.7. The Kier molecular flexibility index (Phi) is 7.98. The average molecular weight is 680 g/mol. The third-order valence-electron chi connectivity index (χ3n) is 3.51. The molecule has 4 nitrogen and oxygen atoms in total. The van der Waals surface area contributed by atoms with Gasteiger partial charge in [0.15, 0.2) is 0 Å². The number of carbonyl (C=O) groups excluding carboxylic acids is 2. The van der Waals surface area contributed by atoms with E-state index in [4.69, 9.17) is 9.47 Å². The number of ether oxygens (including phenoxy) is 2. The summed E-state index contributed by atoms with van der Waals surface area (Å²) in [5.41, 5.74) is 1.34. The summed E-state index contributed by atoms with van der Waals surface area (Å²) in [6.07, 6.45) is 0. The molecule has 2 rings (SSSR count). The van der Waals surface area contributed by atoms with E-state index in [1.54, 1.807) is 62.8 Å². The minimum atomic E-state index is -2.64. The van der Waals surface area contributed by atoms with Crippen LogP contribution in [0.25, 0.3) is 0 Å². The summed E-state index contributed by atoms with van der Waals surface area (Å²) < 4.78 is 11.2. The molecule has 0 aliphatic carbocycles. The van der Waals surface area contributed by atoms with Gasteiger partial charge in [0.1, 0.15) is 0 Å². The summed E-state index contributed by atoms with van der Waals surface area (Å²) in [4.78, 5) is 25.1. The van der Waals surface area contributed by atoms with Crippen molar-refractivity contribution in [1.29, 1.82) is 0 Å². The van der Waals surface area contributed by atoms with E-state index in [-0.39, 0.29) is 11.6 Å². The topological polar surface area (TPSA) is 52.6 Å². The number of benzene rings is 2. The van der Waals surface area contributed by atoms with Gasteiger partial charge in [0.05, 0.1) is 0 Å². The molecular weight excluding hydrogens is 662 g/mol. The average Bonchev–Trinajstić information content (AvgIpc) is 2.61. The number of methoxy groups -OCH3 is 2. The Labute approximate surface area is 171 Å². The third kappa shape index (κ3) is 6.38. The van der Waals surface area contributed by atoms with Gasteiger partial charge in [-0.2, -0.15) is 0 Å². The zero-order valence-corrected chi connectivity index (χ0v) is 20.5. The molecule has 0 bridgehead atoms. The molecule has 0 N–H and O–H groups in total. The molecule has 7 heteroatoms. The van der Waals surface area contributed by atoms with Crippen LogP contribution in [0, 0.1) is 0 Å². The fourth-order valence-corrected chi connectivity index (χ4v) is 13.2. The molecule has 25 heavy (non-hydrogen) atoms. The van der Waals surface area contributed by atoms with Gasteiger partial charge in [-0.3, -0.25) is 0 Å². The van der Waals surface area contributed by atoms with Gasteiger partial charge in [0, 0.05) is 0 Å². The van der Waals surface area contributed by atoms with Crippen LogP contribution in [-0.4, -0.2) is 36.1 Å². The molecule has 0 amide bonds. The molecule has 0 radical (unpaired) electrons. The van der Waals surface area contributed by atoms with Gasteiger partial charge >= 0.3 is 173 Å². The number of ketones is 2. The van der Waals surface area contributed by atoms with Crippen molar-refractivity contribution in [3.05, 3.63) is 59.7 Å². The van der Waals surface area contributed by atoms with Crippen molar-refractivity contribution < 1.29 is 19.1 Å². The summed E-state index contributed by atoms with van der Waals surface area (Å²) in [6, 6.07) is 14.2. The summed E-state index contributed by atoms with van der Waals surface area (Å²) in [5.74, 6) is 1.64. The number of rotatable bonds is 8. The molecule has 2 aromatic rings. The molecule has 0 heterocycles. The Hall–Kier alpha value is -0.370. The van der Waals surface area contributed by atoms with E-state index in [2.05, 4.69) is 37.4 Å². The molecule has 0 aliphatic rings. The van der Waals surface area contributed by atoms with Gasteiger partial charge in [0.2, 0.25) is 0 Å². The van der Waals surface area contributed by atoms with Crippen LogP contribution < -0.4 is 9.47 Å². The van der Waals surface area contributed by atoms with Crippen LogP contribution in [-0.2, 0) is 0 Å². The molecule has 0 spiro atoms. The monoisotopic (exact) mass is 682 g/mol. The molecular formula is C18H18I2O4Te. The number of Topliss-reactive ketones (excluding diaryl/α,β-unsaturated/α-hetero) is 2. The van der Waals surface area contributed by atoms with Crippen LogP contribution in [0.15, 0.2) is 48.5 Å². The second-order valence-electron chi connectivity index (χ2n) is 5.29. The van der Waals surface area contributed by atoms with Crippen LogP contribution in [0.1, 0.15) is 20.7 Å². The first-order chi connectivity index (χ1) is 11.8.